The average molecular weight is 466 g/mol. The van der Waals surface area contributed by atoms with Crippen LogP contribution in [0, 0.1) is 11.3 Å². The Kier molecular flexibility index (Phi) is 6.29. The van der Waals surface area contributed by atoms with Crippen molar-refractivity contribution in [3.8, 4) is 28.5 Å². The van der Waals surface area contributed by atoms with Crippen molar-refractivity contribution < 1.29 is 9.59 Å². The van der Waals surface area contributed by atoms with Gasteiger partial charge in [-0.05, 0) is 42.3 Å². The van der Waals surface area contributed by atoms with Gasteiger partial charge in [0.25, 0.3) is 11.8 Å². The number of nitrogens with zero attached hydrogens (tertiary/aromatic N) is 4. The van der Waals surface area contributed by atoms with Gasteiger partial charge in [0.15, 0.2) is 0 Å². The Morgan fingerprint density at radius 2 is 1.74 bits per heavy atom. The summed E-state index contributed by atoms with van der Waals surface area (Å²) < 4.78 is 1.94. The number of hydrogen-bond acceptors (Lipinski definition) is 6. The number of amides is 2. The molecule has 2 aromatic carbocycles. The summed E-state index contributed by atoms with van der Waals surface area (Å²) in [6, 6.07) is 16.4. The van der Waals surface area contributed by atoms with E-state index in [2.05, 4.69) is 27.2 Å². The maximum absolute atomic E-state index is 12.2. The first kappa shape index (κ1) is 23.2. The van der Waals surface area contributed by atoms with Crippen LogP contribution in [-0.2, 0) is 11.8 Å². The predicted octanol–water partition coefficient (Wildman–Crippen LogP) is 3.65. The van der Waals surface area contributed by atoms with Crippen LogP contribution in [0.5, 0.6) is 0 Å². The van der Waals surface area contributed by atoms with Gasteiger partial charge in [0, 0.05) is 29.4 Å². The van der Waals surface area contributed by atoms with Crippen molar-refractivity contribution in [1.82, 2.24) is 19.9 Å². The van der Waals surface area contributed by atoms with Crippen molar-refractivity contribution in [1.29, 1.82) is 5.26 Å². The SMILES string of the molecule is C=C(C)C(=O)Nc1ccc(-c2c(-c3ccc(C(=O)NCC#N)cc3)c3c(N)ncnc3n2C)cc1. The number of carbonyl (C=O) groups is 2. The minimum absolute atomic E-state index is 0.0647. The van der Waals surface area contributed by atoms with Crippen LogP contribution < -0.4 is 16.4 Å². The number of aromatic nitrogens is 3. The lowest BCUT2D eigenvalue weighted by Gasteiger charge is -2.11. The van der Waals surface area contributed by atoms with E-state index >= 15 is 0 Å². The van der Waals surface area contributed by atoms with Crippen LogP contribution in [0.15, 0.2) is 67.0 Å². The Bertz CT molecular complexity index is 1490. The Balaban J connectivity index is 1.82. The Morgan fingerprint density at radius 3 is 2.37 bits per heavy atom. The van der Waals surface area contributed by atoms with Crippen molar-refractivity contribution in [3.05, 3.63) is 72.6 Å². The Labute approximate surface area is 201 Å². The summed E-state index contributed by atoms with van der Waals surface area (Å²) in [6.07, 6.45) is 1.42. The molecule has 0 saturated heterocycles. The van der Waals surface area contributed by atoms with Crippen LogP contribution in [0.3, 0.4) is 0 Å². The normalized spacial score (nSPS) is 10.5. The number of aryl methyl sites for hydroxylation is 1. The monoisotopic (exact) mass is 465 g/mol. The zero-order valence-electron chi connectivity index (χ0n) is 19.3. The minimum Gasteiger partial charge on any atom is -0.383 e. The lowest BCUT2D eigenvalue weighted by molar-refractivity contribution is -0.112. The van der Waals surface area contributed by atoms with Crippen molar-refractivity contribution in [2.75, 3.05) is 17.6 Å². The van der Waals surface area contributed by atoms with E-state index in [1.54, 1.807) is 19.1 Å². The summed E-state index contributed by atoms with van der Waals surface area (Å²) in [4.78, 5) is 32.8. The zero-order chi connectivity index (χ0) is 25.1. The van der Waals surface area contributed by atoms with E-state index in [9.17, 15) is 9.59 Å². The van der Waals surface area contributed by atoms with Crippen molar-refractivity contribution in [2.24, 2.45) is 7.05 Å². The molecule has 0 spiro atoms. The number of carbonyl (C=O) groups excluding carboxylic acids is 2. The van der Waals surface area contributed by atoms with Gasteiger partial charge in [0.2, 0.25) is 0 Å². The van der Waals surface area contributed by atoms with Gasteiger partial charge in [-0.15, -0.1) is 0 Å². The van der Waals surface area contributed by atoms with E-state index in [-0.39, 0.29) is 18.4 Å². The van der Waals surface area contributed by atoms with Gasteiger partial charge in [0.05, 0.1) is 17.1 Å². The Morgan fingerprint density at radius 1 is 1.09 bits per heavy atom. The molecule has 2 aromatic heterocycles. The van der Waals surface area contributed by atoms with Gasteiger partial charge in [-0.2, -0.15) is 5.26 Å². The topological polar surface area (TPSA) is 139 Å². The number of fused-ring (bicyclic) bond motifs is 1. The molecule has 4 N–H and O–H groups in total. The number of nitrogens with one attached hydrogen (secondary N) is 2. The lowest BCUT2D eigenvalue weighted by Crippen LogP contribution is -2.23. The van der Waals surface area contributed by atoms with E-state index < -0.39 is 0 Å². The highest BCUT2D eigenvalue weighted by Crippen LogP contribution is 2.41. The van der Waals surface area contributed by atoms with Crippen LogP contribution in [0.25, 0.3) is 33.4 Å². The zero-order valence-corrected chi connectivity index (χ0v) is 19.3. The molecule has 0 aliphatic heterocycles. The molecule has 0 bridgehead atoms. The molecule has 9 nitrogen and oxygen atoms in total. The lowest BCUT2D eigenvalue weighted by atomic mass is 9.97. The number of anilines is 2. The molecule has 9 heteroatoms. The summed E-state index contributed by atoms with van der Waals surface area (Å²) in [5, 5.41) is 14.7. The highest BCUT2D eigenvalue weighted by atomic mass is 16.2. The van der Waals surface area contributed by atoms with E-state index in [4.69, 9.17) is 11.0 Å². The quantitative estimate of drug-likeness (QED) is 0.293. The first-order valence-corrected chi connectivity index (χ1v) is 10.7. The van der Waals surface area contributed by atoms with Gasteiger partial charge in [0.1, 0.15) is 24.3 Å². The number of nitrogen functional groups attached to an aromatic ring is 1. The number of benzene rings is 2. The number of rotatable bonds is 6. The van der Waals surface area contributed by atoms with Crippen molar-refractivity contribution in [3.63, 3.8) is 0 Å². The van der Waals surface area contributed by atoms with Gasteiger partial charge in [-0.25, -0.2) is 9.97 Å². The molecule has 4 rings (SSSR count). The van der Waals surface area contributed by atoms with Crippen LogP contribution in [-0.4, -0.2) is 32.9 Å². The maximum atomic E-state index is 12.2. The van der Waals surface area contributed by atoms with Crippen LogP contribution in [0.4, 0.5) is 11.5 Å². The van der Waals surface area contributed by atoms with Crippen molar-refractivity contribution >= 4 is 34.4 Å². The molecule has 0 aliphatic carbocycles. The highest BCUT2D eigenvalue weighted by molar-refractivity contribution is 6.08. The molecule has 4 aromatic rings. The van der Waals surface area contributed by atoms with E-state index in [1.807, 2.05) is 54.1 Å². The molecule has 174 valence electrons. The summed E-state index contributed by atoms with van der Waals surface area (Å²) in [5.74, 6) is -0.232. The summed E-state index contributed by atoms with van der Waals surface area (Å²) in [6.45, 7) is 5.24. The smallest absolute Gasteiger partial charge is 0.252 e. The summed E-state index contributed by atoms with van der Waals surface area (Å²) in [5.41, 5.74) is 11.8. The molecule has 2 amide bonds. The number of hydrogen-bond donors (Lipinski definition) is 3. The fourth-order valence-electron chi connectivity index (χ4n) is 3.85. The van der Waals surface area contributed by atoms with Crippen LogP contribution >= 0.6 is 0 Å². The standard InChI is InChI=1S/C26H23N7O2/c1-15(2)25(34)32-19-10-8-17(9-11-19)22-20(21-23(28)30-14-31-24(21)33(22)3)16-4-6-18(7-5-16)26(35)29-13-12-27/h4-11,14H,1,13H2,2-3H3,(H,29,35)(H,32,34)(H2,28,30,31). The maximum Gasteiger partial charge on any atom is 0.252 e. The third-order valence-electron chi connectivity index (χ3n) is 5.56. The first-order chi connectivity index (χ1) is 16.8. The highest BCUT2D eigenvalue weighted by Gasteiger charge is 2.22. The number of nitrogens with two attached hydrogens (primary N) is 1. The third kappa shape index (κ3) is 4.45. The summed E-state index contributed by atoms with van der Waals surface area (Å²) in [7, 11) is 1.90. The average Bonchev–Trinajstić information content (AvgIpc) is 3.16. The molecular weight excluding hydrogens is 442 g/mol. The van der Waals surface area contributed by atoms with Gasteiger partial charge < -0.3 is 20.9 Å². The predicted molar refractivity (Wildman–Crippen MR) is 135 cm³/mol. The molecule has 0 unspecified atom stereocenters. The minimum atomic E-state index is -0.327. The van der Waals surface area contributed by atoms with E-state index in [1.165, 1.54) is 6.33 Å². The van der Waals surface area contributed by atoms with E-state index in [0.717, 1.165) is 22.4 Å². The van der Waals surface area contributed by atoms with Crippen LogP contribution in [0.1, 0.15) is 17.3 Å². The fourth-order valence-corrected chi connectivity index (χ4v) is 3.85. The van der Waals surface area contributed by atoms with Crippen LogP contribution in [0.2, 0.25) is 0 Å². The van der Waals surface area contributed by atoms with Crippen molar-refractivity contribution in [2.45, 2.75) is 6.92 Å². The van der Waals surface area contributed by atoms with Gasteiger partial charge in [-0.3, -0.25) is 9.59 Å². The molecule has 0 radical (unpaired) electrons. The number of nitriles is 1. The largest absolute Gasteiger partial charge is 0.383 e. The second-order valence-corrected chi connectivity index (χ2v) is 7.97. The molecule has 0 fully saturated rings. The van der Waals surface area contributed by atoms with E-state index in [0.29, 0.717) is 33.7 Å². The van der Waals surface area contributed by atoms with Gasteiger partial charge >= 0.3 is 0 Å². The molecule has 35 heavy (non-hydrogen) atoms. The molecular formula is C26H23N7O2. The molecule has 0 aliphatic rings. The first-order valence-electron chi connectivity index (χ1n) is 10.7. The Hall–Kier alpha value is -4.97. The molecule has 0 atom stereocenters. The summed E-state index contributed by atoms with van der Waals surface area (Å²) >= 11 is 0. The second kappa shape index (κ2) is 9.49. The molecule has 2 heterocycles. The third-order valence-corrected chi connectivity index (χ3v) is 5.56. The second-order valence-electron chi connectivity index (χ2n) is 7.97. The van der Waals surface area contributed by atoms with Gasteiger partial charge in [-0.1, -0.05) is 30.8 Å². The molecule has 0 saturated carbocycles. The fraction of sp³-hybridized carbons (Fsp3) is 0.115.